The summed E-state index contributed by atoms with van der Waals surface area (Å²) in [5, 5.41) is 14.7. The van der Waals surface area contributed by atoms with Crippen LogP contribution in [-0.4, -0.2) is 56.3 Å². The quantitative estimate of drug-likeness (QED) is 0.0792. The Kier molecular flexibility index (Phi) is 12.9. The van der Waals surface area contributed by atoms with E-state index in [1.165, 1.54) is 43.2 Å². The van der Waals surface area contributed by atoms with Gasteiger partial charge in [-0.05, 0) is 66.9 Å². The van der Waals surface area contributed by atoms with Gasteiger partial charge in [0.15, 0.2) is 0 Å². The molecule has 1 N–H and O–H groups in total. The topological polar surface area (TPSA) is 139 Å². The van der Waals surface area contributed by atoms with Gasteiger partial charge in [0, 0.05) is 35.6 Å². The summed E-state index contributed by atoms with van der Waals surface area (Å²) in [6, 6.07) is 25.3. The number of anilines is 1. The first-order chi connectivity index (χ1) is 23.4. The number of sulfonamides is 1. The third-order valence-electron chi connectivity index (χ3n) is 7.97. The fraction of sp³-hybridized carbons (Fsp3) is 0.278. The molecule has 13 heteroatoms. The lowest BCUT2D eigenvalue weighted by molar-refractivity contribution is -0.385. The van der Waals surface area contributed by atoms with Gasteiger partial charge in [-0.15, -0.1) is 0 Å². The maximum absolute atomic E-state index is 14.6. The van der Waals surface area contributed by atoms with Crippen LogP contribution in [-0.2, 0) is 32.6 Å². The van der Waals surface area contributed by atoms with Crippen molar-refractivity contribution in [3.05, 3.63) is 128 Å². The van der Waals surface area contributed by atoms with E-state index in [-0.39, 0.29) is 40.7 Å². The molecule has 11 nitrogen and oxygen atoms in total. The Morgan fingerprint density at radius 2 is 1.63 bits per heavy atom. The van der Waals surface area contributed by atoms with E-state index >= 15 is 0 Å². The van der Waals surface area contributed by atoms with Gasteiger partial charge >= 0.3 is 0 Å². The standard InChI is InChI=1S/C36H39BrN4O7S/c1-4-5-21-38-36(43)34(22-27-9-7-6-8-10-27)39(24-28-12-14-29(37)15-13-28)35(42)25-40(30-16-18-31(48-3)19-17-30)49(46,47)32-20-11-26(2)33(23-32)41(44)45/h6-20,23,34H,4-5,21-22,24-25H2,1-3H3,(H,38,43). The second kappa shape index (κ2) is 17.1. The van der Waals surface area contributed by atoms with E-state index in [1.807, 2.05) is 61.5 Å². The van der Waals surface area contributed by atoms with E-state index in [0.29, 0.717) is 12.3 Å². The van der Waals surface area contributed by atoms with Crippen LogP contribution < -0.4 is 14.4 Å². The zero-order chi connectivity index (χ0) is 35.6. The Labute approximate surface area is 295 Å². The largest absolute Gasteiger partial charge is 0.497 e. The molecular formula is C36H39BrN4O7S. The first-order valence-corrected chi connectivity index (χ1v) is 17.9. The number of aryl methyl sites for hydroxylation is 1. The molecule has 49 heavy (non-hydrogen) atoms. The second-order valence-electron chi connectivity index (χ2n) is 11.4. The van der Waals surface area contributed by atoms with Crippen molar-refractivity contribution in [1.29, 1.82) is 0 Å². The summed E-state index contributed by atoms with van der Waals surface area (Å²) >= 11 is 3.43. The summed E-state index contributed by atoms with van der Waals surface area (Å²) in [5.41, 5.74) is 1.59. The van der Waals surface area contributed by atoms with Crippen LogP contribution in [0.1, 0.15) is 36.5 Å². The van der Waals surface area contributed by atoms with Gasteiger partial charge in [-0.3, -0.25) is 24.0 Å². The molecule has 0 spiro atoms. The average Bonchev–Trinajstić information content (AvgIpc) is 3.10. The Bertz CT molecular complexity index is 1850. The molecule has 2 amide bonds. The molecule has 0 fully saturated rings. The van der Waals surface area contributed by atoms with Crippen LogP contribution in [0.25, 0.3) is 0 Å². The number of benzene rings is 4. The van der Waals surface area contributed by atoms with E-state index in [4.69, 9.17) is 4.74 Å². The fourth-order valence-electron chi connectivity index (χ4n) is 5.20. The van der Waals surface area contributed by atoms with Crippen molar-refractivity contribution in [1.82, 2.24) is 10.2 Å². The molecule has 0 radical (unpaired) electrons. The van der Waals surface area contributed by atoms with Crippen molar-refractivity contribution >= 4 is 49.1 Å². The minimum absolute atomic E-state index is 0.0112. The summed E-state index contributed by atoms with van der Waals surface area (Å²) in [4.78, 5) is 40.6. The smallest absolute Gasteiger partial charge is 0.273 e. The molecule has 1 atom stereocenters. The highest BCUT2D eigenvalue weighted by Crippen LogP contribution is 2.30. The Morgan fingerprint density at radius 1 is 0.959 bits per heavy atom. The third kappa shape index (κ3) is 9.67. The van der Waals surface area contributed by atoms with Crippen molar-refractivity contribution in [2.24, 2.45) is 0 Å². The molecule has 4 rings (SSSR count). The predicted molar refractivity (Wildman–Crippen MR) is 192 cm³/mol. The van der Waals surface area contributed by atoms with Crippen LogP contribution >= 0.6 is 15.9 Å². The molecular weight excluding hydrogens is 712 g/mol. The number of nitrogens with one attached hydrogen (secondary N) is 1. The normalized spacial score (nSPS) is 11.8. The third-order valence-corrected chi connectivity index (χ3v) is 10.3. The summed E-state index contributed by atoms with van der Waals surface area (Å²) in [6.07, 6.45) is 1.79. The number of methoxy groups -OCH3 is 1. The van der Waals surface area contributed by atoms with E-state index in [1.54, 1.807) is 12.1 Å². The van der Waals surface area contributed by atoms with E-state index < -0.39 is 33.4 Å². The van der Waals surface area contributed by atoms with Crippen LogP contribution in [0.15, 0.2) is 106 Å². The Hall–Kier alpha value is -4.75. The van der Waals surface area contributed by atoms with Crippen LogP contribution in [0, 0.1) is 17.0 Å². The molecule has 1 unspecified atom stereocenters. The number of amides is 2. The van der Waals surface area contributed by atoms with Crippen molar-refractivity contribution in [3.8, 4) is 5.75 Å². The number of rotatable bonds is 16. The molecule has 4 aromatic carbocycles. The van der Waals surface area contributed by atoms with Gasteiger partial charge in [0.05, 0.1) is 22.6 Å². The lowest BCUT2D eigenvalue weighted by Crippen LogP contribution is -2.53. The number of nitrogens with zero attached hydrogens (tertiary/aromatic N) is 3. The van der Waals surface area contributed by atoms with Gasteiger partial charge in [0.1, 0.15) is 18.3 Å². The lowest BCUT2D eigenvalue weighted by Gasteiger charge is -2.34. The highest BCUT2D eigenvalue weighted by Gasteiger charge is 2.35. The van der Waals surface area contributed by atoms with Gasteiger partial charge < -0.3 is 15.0 Å². The van der Waals surface area contributed by atoms with E-state index in [9.17, 15) is 28.1 Å². The van der Waals surface area contributed by atoms with Gasteiger partial charge in [0.2, 0.25) is 11.8 Å². The summed E-state index contributed by atoms with van der Waals surface area (Å²) in [5.74, 6) is -0.548. The molecule has 0 aromatic heterocycles. The molecule has 0 heterocycles. The van der Waals surface area contributed by atoms with Gasteiger partial charge in [-0.2, -0.15) is 0 Å². The molecule has 0 aliphatic rings. The fourth-order valence-corrected chi connectivity index (χ4v) is 6.90. The number of nitro groups is 1. The van der Waals surface area contributed by atoms with Crippen LogP contribution in [0.5, 0.6) is 5.75 Å². The van der Waals surface area contributed by atoms with Crippen molar-refractivity contribution in [2.75, 3.05) is 24.5 Å². The van der Waals surface area contributed by atoms with Crippen molar-refractivity contribution < 1.29 is 27.7 Å². The average molecular weight is 752 g/mol. The zero-order valence-corrected chi connectivity index (χ0v) is 29.9. The number of unbranched alkanes of at least 4 members (excludes halogenated alkanes) is 1. The number of carbonyl (C=O) groups excluding carboxylic acids is 2. The van der Waals surface area contributed by atoms with Gasteiger partial charge in [0.25, 0.3) is 15.7 Å². The maximum Gasteiger partial charge on any atom is 0.273 e. The summed E-state index contributed by atoms with van der Waals surface area (Å²) < 4.78 is 35.6. The van der Waals surface area contributed by atoms with Gasteiger partial charge in [-0.25, -0.2) is 8.42 Å². The van der Waals surface area contributed by atoms with E-state index in [2.05, 4.69) is 21.2 Å². The number of halogens is 1. The molecule has 4 aromatic rings. The van der Waals surface area contributed by atoms with Crippen LogP contribution in [0.4, 0.5) is 11.4 Å². The summed E-state index contributed by atoms with van der Waals surface area (Å²) in [7, 11) is -3.07. The molecule has 0 bridgehead atoms. The van der Waals surface area contributed by atoms with E-state index in [0.717, 1.165) is 38.8 Å². The highest BCUT2D eigenvalue weighted by molar-refractivity contribution is 9.10. The van der Waals surface area contributed by atoms with Crippen LogP contribution in [0.2, 0.25) is 0 Å². The molecule has 0 saturated heterocycles. The lowest BCUT2D eigenvalue weighted by atomic mass is 10.0. The Morgan fingerprint density at radius 3 is 2.24 bits per heavy atom. The first kappa shape index (κ1) is 37.1. The minimum Gasteiger partial charge on any atom is -0.497 e. The number of nitro benzene ring substituents is 1. The monoisotopic (exact) mass is 750 g/mol. The molecule has 0 aliphatic carbocycles. The second-order valence-corrected chi connectivity index (χ2v) is 14.2. The zero-order valence-electron chi connectivity index (χ0n) is 27.5. The Balaban J connectivity index is 1.82. The highest BCUT2D eigenvalue weighted by atomic mass is 79.9. The van der Waals surface area contributed by atoms with Gasteiger partial charge in [-0.1, -0.05) is 77.8 Å². The SMILES string of the molecule is CCCCNC(=O)C(Cc1ccccc1)N(Cc1ccc(Br)cc1)C(=O)CN(c1ccc(OC)cc1)S(=O)(=O)c1ccc(C)c([N+](=O)[O-])c1. The maximum atomic E-state index is 14.6. The molecule has 258 valence electrons. The number of hydrogen-bond acceptors (Lipinski definition) is 7. The first-order valence-electron chi connectivity index (χ1n) is 15.7. The number of ether oxygens (including phenoxy) is 1. The van der Waals surface area contributed by atoms with Crippen LogP contribution in [0.3, 0.4) is 0 Å². The minimum atomic E-state index is -4.54. The molecule has 0 aliphatic heterocycles. The number of hydrogen-bond donors (Lipinski definition) is 1. The predicted octanol–water partition coefficient (Wildman–Crippen LogP) is 6.43. The van der Waals surface area contributed by atoms with Crippen molar-refractivity contribution in [3.63, 3.8) is 0 Å². The molecule has 0 saturated carbocycles. The van der Waals surface area contributed by atoms with Crippen molar-refractivity contribution in [2.45, 2.75) is 50.6 Å². The number of carbonyl (C=O) groups is 2. The summed E-state index contributed by atoms with van der Waals surface area (Å²) in [6.45, 7) is 3.25.